The number of aromatic amines is 1. The fourth-order valence-corrected chi connectivity index (χ4v) is 3.47. The molecule has 0 aliphatic carbocycles. The lowest BCUT2D eigenvalue weighted by atomic mass is 10.0. The number of methoxy groups -OCH3 is 1. The lowest BCUT2D eigenvalue weighted by Crippen LogP contribution is -2.31. The highest BCUT2D eigenvalue weighted by Gasteiger charge is 2.32. The number of benzene rings is 2. The number of nitrogens with one attached hydrogen (secondary N) is 1. The summed E-state index contributed by atoms with van der Waals surface area (Å²) in [5, 5.41) is 8.08. The van der Waals surface area contributed by atoms with Crippen LogP contribution < -0.4 is 4.74 Å². The van der Waals surface area contributed by atoms with Crippen molar-refractivity contribution in [3.63, 3.8) is 0 Å². The quantitative estimate of drug-likeness (QED) is 0.802. The first-order valence-electron chi connectivity index (χ1n) is 8.16. The molecule has 2 aromatic carbocycles. The van der Waals surface area contributed by atoms with Gasteiger partial charge in [0.2, 0.25) is 0 Å². The Hall–Kier alpha value is -2.82. The summed E-state index contributed by atoms with van der Waals surface area (Å²) in [5.41, 5.74) is 2.50. The molecule has 3 aromatic rings. The summed E-state index contributed by atoms with van der Waals surface area (Å²) in [7, 11) is 1.66. The number of amides is 1. The maximum atomic E-state index is 13.1. The van der Waals surface area contributed by atoms with E-state index in [-0.39, 0.29) is 11.9 Å². The maximum absolute atomic E-state index is 13.1. The zero-order valence-corrected chi connectivity index (χ0v) is 13.5. The van der Waals surface area contributed by atoms with Crippen molar-refractivity contribution in [2.45, 2.75) is 18.9 Å². The first kappa shape index (κ1) is 14.8. The molecule has 1 amide bonds. The number of fused-ring (bicyclic) bond motifs is 1. The van der Waals surface area contributed by atoms with Gasteiger partial charge in [-0.25, -0.2) is 0 Å². The average molecular weight is 321 g/mol. The Morgan fingerprint density at radius 3 is 3.00 bits per heavy atom. The van der Waals surface area contributed by atoms with Crippen molar-refractivity contribution in [1.82, 2.24) is 15.1 Å². The van der Waals surface area contributed by atoms with Gasteiger partial charge in [-0.05, 0) is 36.6 Å². The number of aromatic nitrogens is 2. The molecular formula is C19H19N3O2. The number of likely N-dealkylation sites (tertiary alicyclic amines) is 1. The molecular weight excluding hydrogens is 302 g/mol. The van der Waals surface area contributed by atoms with E-state index in [0.717, 1.165) is 41.6 Å². The van der Waals surface area contributed by atoms with Crippen LogP contribution in [0.15, 0.2) is 48.5 Å². The summed E-state index contributed by atoms with van der Waals surface area (Å²) >= 11 is 0. The van der Waals surface area contributed by atoms with E-state index in [1.54, 1.807) is 7.11 Å². The molecule has 5 heteroatoms. The summed E-state index contributed by atoms with van der Waals surface area (Å²) in [6.07, 6.45) is 1.96. The third-order valence-corrected chi connectivity index (χ3v) is 4.67. The van der Waals surface area contributed by atoms with Gasteiger partial charge in [0.05, 0.1) is 18.7 Å². The molecule has 2 heterocycles. The van der Waals surface area contributed by atoms with E-state index in [4.69, 9.17) is 4.74 Å². The highest BCUT2D eigenvalue weighted by molar-refractivity contribution is 6.04. The zero-order valence-electron chi connectivity index (χ0n) is 13.5. The molecule has 0 saturated carbocycles. The van der Waals surface area contributed by atoms with Gasteiger partial charge in [-0.2, -0.15) is 5.10 Å². The normalized spacial score (nSPS) is 17.4. The van der Waals surface area contributed by atoms with Gasteiger partial charge >= 0.3 is 0 Å². The smallest absolute Gasteiger partial charge is 0.275 e. The Morgan fingerprint density at radius 1 is 1.25 bits per heavy atom. The van der Waals surface area contributed by atoms with Crippen LogP contribution in [0, 0.1) is 0 Å². The number of carbonyl (C=O) groups excluding carboxylic acids is 1. The summed E-state index contributed by atoms with van der Waals surface area (Å²) in [6.45, 7) is 0.752. The number of rotatable bonds is 3. The summed E-state index contributed by atoms with van der Waals surface area (Å²) < 4.78 is 5.32. The van der Waals surface area contributed by atoms with Gasteiger partial charge in [0.15, 0.2) is 5.69 Å². The van der Waals surface area contributed by atoms with Crippen LogP contribution in [0.1, 0.15) is 34.9 Å². The second-order valence-corrected chi connectivity index (χ2v) is 6.05. The van der Waals surface area contributed by atoms with Gasteiger partial charge < -0.3 is 9.64 Å². The predicted octanol–water partition coefficient (Wildman–Crippen LogP) is 3.55. The molecule has 24 heavy (non-hydrogen) atoms. The van der Waals surface area contributed by atoms with E-state index >= 15 is 0 Å². The Balaban J connectivity index is 1.68. The molecule has 1 N–H and O–H groups in total. The molecule has 0 radical (unpaired) electrons. The van der Waals surface area contributed by atoms with Crippen molar-refractivity contribution in [2.75, 3.05) is 13.7 Å². The molecule has 1 unspecified atom stereocenters. The fourth-order valence-electron chi connectivity index (χ4n) is 3.47. The maximum Gasteiger partial charge on any atom is 0.275 e. The number of H-pyrrole nitrogens is 1. The monoisotopic (exact) mass is 321 g/mol. The van der Waals surface area contributed by atoms with Crippen LogP contribution in [-0.2, 0) is 0 Å². The predicted molar refractivity (Wildman–Crippen MR) is 92.1 cm³/mol. The Labute approximate surface area is 140 Å². The third-order valence-electron chi connectivity index (χ3n) is 4.67. The van der Waals surface area contributed by atoms with Crippen molar-refractivity contribution in [1.29, 1.82) is 0 Å². The topological polar surface area (TPSA) is 58.2 Å². The Bertz CT molecular complexity index is 887. The van der Waals surface area contributed by atoms with Crippen molar-refractivity contribution < 1.29 is 9.53 Å². The number of para-hydroxylation sites is 1. The standard InChI is InChI=1S/C19H19N3O2/c1-24-14-7-4-6-13(12-14)17-10-5-11-22(17)19(23)18-15-8-2-3-9-16(15)20-21-18/h2-4,6-9,12,17H,5,10-11H2,1H3,(H,20,21). The van der Waals surface area contributed by atoms with Crippen LogP contribution in [0.4, 0.5) is 0 Å². The fraction of sp³-hybridized carbons (Fsp3) is 0.263. The van der Waals surface area contributed by atoms with Gasteiger partial charge in [-0.1, -0.05) is 30.3 Å². The minimum Gasteiger partial charge on any atom is -0.497 e. The second kappa shape index (κ2) is 6.00. The van der Waals surface area contributed by atoms with E-state index in [1.807, 2.05) is 47.4 Å². The third kappa shape index (κ3) is 2.42. The van der Waals surface area contributed by atoms with E-state index in [2.05, 4.69) is 16.3 Å². The largest absolute Gasteiger partial charge is 0.497 e. The van der Waals surface area contributed by atoms with Crippen LogP contribution in [0.25, 0.3) is 10.9 Å². The first-order chi connectivity index (χ1) is 11.8. The van der Waals surface area contributed by atoms with Crippen LogP contribution in [0.2, 0.25) is 0 Å². The number of carbonyl (C=O) groups is 1. The first-order valence-corrected chi connectivity index (χ1v) is 8.16. The van der Waals surface area contributed by atoms with Gasteiger partial charge in [-0.15, -0.1) is 0 Å². The van der Waals surface area contributed by atoms with Crippen molar-refractivity contribution in [3.8, 4) is 5.75 Å². The molecule has 4 rings (SSSR count). The SMILES string of the molecule is COc1cccc(C2CCCN2C(=O)c2n[nH]c3ccccc23)c1. The summed E-state index contributed by atoms with van der Waals surface area (Å²) in [4.78, 5) is 15.0. The Kier molecular flexibility index (Phi) is 3.69. The van der Waals surface area contributed by atoms with Crippen LogP contribution >= 0.6 is 0 Å². The molecule has 1 atom stereocenters. The van der Waals surface area contributed by atoms with E-state index in [1.165, 1.54) is 0 Å². The van der Waals surface area contributed by atoms with Crippen molar-refractivity contribution in [3.05, 3.63) is 59.8 Å². The Morgan fingerprint density at radius 2 is 2.12 bits per heavy atom. The van der Waals surface area contributed by atoms with Gasteiger partial charge in [0.1, 0.15) is 5.75 Å². The molecule has 122 valence electrons. The summed E-state index contributed by atoms with van der Waals surface area (Å²) in [6, 6.07) is 15.8. The highest BCUT2D eigenvalue weighted by Crippen LogP contribution is 2.35. The van der Waals surface area contributed by atoms with Gasteiger partial charge in [0.25, 0.3) is 5.91 Å². The molecule has 1 aliphatic rings. The number of hydrogen-bond acceptors (Lipinski definition) is 3. The van der Waals surface area contributed by atoms with Gasteiger partial charge in [-0.3, -0.25) is 9.89 Å². The molecule has 1 aliphatic heterocycles. The zero-order chi connectivity index (χ0) is 16.5. The molecule has 1 fully saturated rings. The molecule has 1 saturated heterocycles. The number of nitrogens with zero attached hydrogens (tertiary/aromatic N) is 2. The lowest BCUT2D eigenvalue weighted by Gasteiger charge is -2.24. The summed E-state index contributed by atoms with van der Waals surface area (Å²) in [5.74, 6) is 0.801. The molecule has 0 bridgehead atoms. The van der Waals surface area contributed by atoms with Crippen molar-refractivity contribution in [2.24, 2.45) is 0 Å². The molecule has 5 nitrogen and oxygen atoms in total. The minimum atomic E-state index is -0.0160. The minimum absolute atomic E-state index is 0.0160. The average Bonchev–Trinajstić information content (AvgIpc) is 3.28. The lowest BCUT2D eigenvalue weighted by molar-refractivity contribution is 0.0731. The van der Waals surface area contributed by atoms with Crippen molar-refractivity contribution >= 4 is 16.8 Å². The van der Waals surface area contributed by atoms with Gasteiger partial charge in [0, 0.05) is 11.9 Å². The van der Waals surface area contributed by atoms with Crippen LogP contribution in [0.3, 0.4) is 0 Å². The van der Waals surface area contributed by atoms with Crippen LogP contribution in [0.5, 0.6) is 5.75 Å². The molecule has 1 aromatic heterocycles. The number of hydrogen-bond donors (Lipinski definition) is 1. The number of ether oxygens (including phenoxy) is 1. The van der Waals surface area contributed by atoms with E-state index in [9.17, 15) is 4.79 Å². The highest BCUT2D eigenvalue weighted by atomic mass is 16.5. The van der Waals surface area contributed by atoms with E-state index in [0.29, 0.717) is 5.69 Å². The van der Waals surface area contributed by atoms with E-state index < -0.39 is 0 Å². The molecule has 0 spiro atoms. The van der Waals surface area contributed by atoms with Crippen LogP contribution in [-0.4, -0.2) is 34.7 Å². The second-order valence-electron chi connectivity index (χ2n) is 6.05.